The third-order valence-corrected chi connectivity index (χ3v) is 3.84. The van der Waals surface area contributed by atoms with E-state index in [0.29, 0.717) is 12.4 Å². The van der Waals surface area contributed by atoms with Crippen LogP contribution in [0, 0.1) is 0 Å². The lowest BCUT2D eigenvalue weighted by molar-refractivity contribution is -0.118. The molecule has 0 aliphatic heterocycles. The van der Waals surface area contributed by atoms with Gasteiger partial charge in [-0.2, -0.15) is 0 Å². The van der Waals surface area contributed by atoms with Crippen LogP contribution in [-0.2, 0) is 11.4 Å². The zero-order chi connectivity index (χ0) is 13.8. The Kier molecular flexibility index (Phi) is 3.82. The molecule has 1 aliphatic carbocycles. The Morgan fingerprint density at radius 2 is 1.75 bits per heavy atom. The molecule has 3 rings (SSSR count). The first-order valence-electron chi connectivity index (χ1n) is 7.12. The summed E-state index contributed by atoms with van der Waals surface area (Å²) in [6.07, 6.45) is 2.75. The molecular weight excluding hydrogens is 248 g/mol. The Morgan fingerprint density at radius 1 is 1.00 bits per heavy atom. The molecule has 102 valence electrons. The van der Waals surface area contributed by atoms with Crippen LogP contribution in [0.25, 0.3) is 0 Å². The van der Waals surface area contributed by atoms with Crippen LogP contribution in [0.4, 0.5) is 0 Å². The Morgan fingerprint density at radius 3 is 2.40 bits per heavy atom. The average molecular weight is 266 g/mol. The van der Waals surface area contributed by atoms with Crippen molar-refractivity contribution in [3.63, 3.8) is 0 Å². The molecule has 0 radical (unpaired) electrons. The smallest absolute Gasteiger partial charge is 0.140 e. The lowest BCUT2D eigenvalue weighted by Gasteiger charge is -2.10. The van der Waals surface area contributed by atoms with Crippen molar-refractivity contribution in [3.05, 3.63) is 65.7 Å². The molecule has 0 amide bonds. The Bertz CT molecular complexity index is 572. The van der Waals surface area contributed by atoms with Gasteiger partial charge in [-0.1, -0.05) is 42.5 Å². The van der Waals surface area contributed by atoms with Gasteiger partial charge in [0.1, 0.15) is 18.1 Å². The number of rotatable bonds is 4. The Hall–Kier alpha value is -2.09. The first-order chi connectivity index (χ1) is 9.83. The minimum absolute atomic E-state index is 0.109. The van der Waals surface area contributed by atoms with Gasteiger partial charge in [0.15, 0.2) is 0 Å². The average Bonchev–Trinajstić information content (AvgIpc) is 2.93. The summed E-state index contributed by atoms with van der Waals surface area (Å²) in [6, 6.07) is 18.1. The zero-order valence-corrected chi connectivity index (χ0v) is 11.4. The predicted molar refractivity (Wildman–Crippen MR) is 78.8 cm³/mol. The molecule has 2 nitrogen and oxygen atoms in total. The summed E-state index contributed by atoms with van der Waals surface area (Å²) in [5, 5.41) is 0. The van der Waals surface area contributed by atoms with Crippen LogP contribution in [-0.4, -0.2) is 5.78 Å². The van der Waals surface area contributed by atoms with Crippen molar-refractivity contribution >= 4 is 5.78 Å². The van der Waals surface area contributed by atoms with Crippen LogP contribution in [0.5, 0.6) is 5.75 Å². The summed E-state index contributed by atoms with van der Waals surface area (Å²) in [5.74, 6) is 1.34. The molecule has 1 fully saturated rings. The second kappa shape index (κ2) is 5.91. The van der Waals surface area contributed by atoms with E-state index in [-0.39, 0.29) is 5.92 Å². The lowest BCUT2D eigenvalue weighted by Crippen LogP contribution is -2.04. The molecule has 0 N–H and O–H groups in total. The normalized spacial score (nSPS) is 18.2. The third-order valence-electron chi connectivity index (χ3n) is 3.84. The molecule has 1 aliphatic rings. The van der Waals surface area contributed by atoms with E-state index in [1.165, 1.54) is 0 Å². The highest BCUT2D eigenvalue weighted by Crippen LogP contribution is 2.31. The van der Waals surface area contributed by atoms with Crippen molar-refractivity contribution in [1.29, 1.82) is 0 Å². The molecule has 2 aromatic rings. The van der Waals surface area contributed by atoms with Crippen molar-refractivity contribution in [2.45, 2.75) is 31.8 Å². The maximum Gasteiger partial charge on any atom is 0.140 e. The van der Waals surface area contributed by atoms with Gasteiger partial charge in [0.2, 0.25) is 0 Å². The minimum atomic E-state index is 0.109. The number of ether oxygens (including phenoxy) is 1. The second-order valence-corrected chi connectivity index (χ2v) is 5.25. The van der Waals surface area contributed by atoms with Crippen molar-refractivity contribution < 1.29 is 9.53 Å². The molecule has 2 aromatic carbocycles. The van der Waals surface area contributed by atoms with E-state index in [2.05, 4.69) is 0 Å². The largest absolute Gasteiger partial charge is 0.489 e. The minimum Gasteiger partial charge on any atom is -0.489 e. The SMILES string of the molecule is O=C1CCCC1c1ccc(OCc2ccccc2)cc1. The standard InChI is InChI=1S/C18H18O2/c19-18-8-4-7-17(18)15-9-11-16(12-10-15)20-13-14-5-2-1-3-6-14/h1-3,5-6,9-12,17H,4,7-8,13H2. The van der Waals surface area contributed by atoms with Gasteiger partial charge in [0.25, 0.3) is 0 Å². The van der Waals surface area contributed by atoms with Crippen molar-refractivity contribution in [3.8, 4) is 5.75 Å². The first kappa shape index (κ1) is 12.9. The van der Waals surface area contributed by atoms with E-state index in [1.54, 1.807) is 0 Å². The van der Waals surface area contributed by atoms with Gasteiger partial charge in [-0.05, 0) is 36.1 Å². The lowest BCUT2D eigenvalue weighted by atomic mass is 9.97. The number of carbonyl (C=O) groups excluding carboxylic acids is 1. The summed E-state index contributed by atoms with van der Waals surface area (Å²) in [4.78, 5) is 11.7. The second-order valence-electron chi connectivity index (χ2n) is 5.25. The maximum absolute atomic E-state index is 11.7. The van der Waals surface area contributed by atoms with Gasteiger partial charge in [-0.3, -0.25) is 4.79 Å². The zero-order valence-electron chi connectivity index (χ0n) is 11.4. The summed E-state index contributed by atoms with van der Waals surface area (Å²) >= 11 is 0. The fraction of sp³-hybridized carbons (Fsp3) is 0.278. The molecule has 0 aromatic heterocycles. The fourth-order valence-corrected chi connectivity index (χ4v) is 2.71. The quantitative estimate of drug-likeness (QED) is 0.832. The molecule has 1 atom stereocenters. The molecular formula is C18H18O2. The number of hydrogen-bond acceptors (Lipinski definition) is 2. The van der Waals surface area contributed by atoms with Crippen LogP contribution >= 0.6 is 0 Å². The maximum atomic E-state index is 11.7. The van der Waals surface area contributed by atoms with Gasteiger partial charge in [0, 0.05) is 12.3 Å². The van der Waals surface area contributed by atoms with Crippen LogP contribution < -0.4 is 4.74 Å². The monoisotopic (exact) mass is 266 g/mol. The van der Waals surface area contributed by atoms with Crippen LogP contribution in [0.2, 0.25) is 0 Å². The van der Waals surface area contributed by atoms with Gasteiger partial charge in [0.05, 0.1) is 0 Å². The predicted octanol–water partition coefficient (Wildman–Crippen LogP) is 4.10. The fourth-order valence-electron chi connectivity index (χ4n) is 2.71. The van der Waals surface area contributed by atoms with Crippen molar-refractivity contribution in [2.75, 3.05) is 0 Å². The molecule has 0 bridgehead atoms. The van der Waals surface area contributed by atoms with Gasteiger partial charge in [-0.25, -0.2) is 0 Å². The Balaban J connectivity index is 1.63. The van der Waals surface area contributed by atoms with Gasteiger partial charge in [-0.15, -0.1) is 0 Å². The highest BCUT2D eigenvalue weighted by molar-refractivity contribution is 5.87. The number of hydrogen-bond donors (Lipinski definition) is 0. The molecule has 0 heterocycles. The van der Waals surface area contributed by atoms with Crippen LogP contribution in [0.15, 0.2) is 54.6 Å². The number of Topliss-reactive ketones (excluding diaryl/α,β-unsaturated/α-hetero) is 1. The first-order valence-corrected chi connectivity index (χ1v) is 7.12. The summed E-state index contributed by atoms with van der Waals surface area (Å²) in [6.45, 7) is 0.572. The van der Waals surface area contributed by atoms with E-state index >= 15 is 0 Å². The molecule has 20 heavy (non-hydrogen) atoms. The van der Waals surface area contributed by atoms with Crippen molar-refractivity contribution in [1.82, 2.24) is 0 Å². The molecule has 1 saturated carbocycles. The number of benzene rings is 2. The van der Waals surface area contributed by atoms with Crippen molar-refractivity contribution in [2.24, 2.45) is 0 Å². The van der Waals surface area contributed by atoms with E-state index in [1.807, 2.05) is 54.6 Å². The topological polar surface area (TPSA) is 26.3 Å². The molecule has 0 saturated heterocycles. The summed E-state index contributed by atoms with van der Waals surface area (Å²) in [5.41, 5.74) is 2.28. The Labute approximate surface area is 119 Å². The molecule has 0 spiro atoms. The van der Waals surface area contributed by atoms with E-state index in [9.17, 15) is 4.79 Å². The molecule has 2 heteroatoms. The van der Waals surface area contributed by atoms with Gasteiger partial charge < -0.3 is 4.74 Å². The van der Waals surface area contributed by atoms with Crippen LogP contribution in [0.1, 0.15) is 36.3 Å². The van der Waals surface area contributed by atoms with Gasteiger partial charge >= 0.3 is 0 Å². The van der Waals surface area contributed by atoms with E-state index in [4.69, 9.17) is 4.74 Å². The molecule has 1 unspecified atom stereocenters. The van der Waals surface area contributed by atoms with E-state index in [0.717, 1.165) is 36.1 Å². The third kappa shape index (κ3) is 2.90. The van der Waals surface area contributed by atoms with Crippen LogP contribution in [0.3, 0.4) is 0 Å². The number of carbonyl (C=O) groups is 1. The summed E-state index contributed by atoms with van der Waals surface area (Å²) < 4.78 is 5.75. The number of ketones is 1. The van der Waals surface area contributed by atoms with E-state index < -0.39 is 0 Å². The highest BCUT2D eigenvalue weighted by Gasteiger charge is 2.25. The summed E-state index contributed by atoms with van der Waals surface area (Å²) in [7, 11) is 0. The highest BCUT2D eigenvalue weighted by atomic mass is 16.5.